The zero-order valence-electron chi connectivity index (χ0n) is 13.7. The molecule has 0 bridgehead atoms. The van der Waals surface area contributed by atoms with Gasteiger partial charge in [0.05, 0.1) is 0 Å². The first-order chi connectivity index (χ1) is 9.49. The Balaban J connectivity index is 2.75. The van der Waals surface area contributed by atoms with Gasteiger partial charge in [0.15, 0.2) is 0 Å². The highest BCUT2D eigenvalue weighted by molar-refractivity contribution is 5.57. The molecule has 0 saturated carbocycles. The van der Waals surface area contributed by atoms with Crippen molar-refractivity contribution >= 4 is 11.6 Å². The number of aryl methyl sites for hydroxylation is 1. The molecule has 0 aliphatic heterocycles. The van der Waals surface area contributed by atoms with Crippen LogP contribution in [0.4, 0.5) is 11.6 Å². The normalized spacial score (nSPS) is 11.2. The van der Waals surface area contributed by atoms with E-state index in [2.05, 4.69) is 67.2 Å². The molecule has 0 aliphatic rings. The minimum atomic E-state index is 0.562. The van der Waals surface area contributed by atoms with Gasteiger partial charge in [-0.1, -0.05) is 6.92 Å². The van der Waals surface area contributed by atoms with Crippen LogP contribution in [0.2, 0.25) is 0 Å². The third kappa shape index (κ3) is 4.63. The van der Waals surface area contributed by atoms with Crippen LogP contribution in [0.5, 0.6) is 0 Å². The Bertz CT molecular complexity index is 417. The van der Waals surface area contributed by atoms with Gasteiger partial charge < -0.3 is 15.5 Å². The van der Waals surface area contributed by atoms with E-state index in [0.29, 0.717) is 6.04 Å². The molecule has 0 atom stereocenters. The summed E-state index contributed by atoms with van der Waals surface area (Å²) in [6, 6.07) is 0.562. The van der Waals surface area contributed by atoms with Gasteiger partial charge in [-0.15, -0.1) is 0 Å². The minimum absolute atomic E-state index is 0.562. The third-order valence-electron chi connectivity index (χ3n) is 3.49. The van der Waals surface area contributed by atoms with Crippen LogP contribution >= 0.6 is 0 Å². The molecular formula is C15H29N5. The second-order valence-corrected chi connectivity index (χ2v) is 5.35. The predicted octanol–water partition coefficient (Wildman–Crippen LogP) is 2.53. The van der Waals surface area contributed by atoms with Crippen LogP contribution in [0.15, 0.2) is 0 Å². The van der Waals surface area contributed by atoms with Crippen molar-refractivity contribution in [1.82, 2.24) is 14.9 Å². The summed E-state index contributed by atoms with van der Waals surface area (Å²) in [7, 11) is 2.14. The van der Waals surface area contributed by atoms with Crippen LogP contribution in [0.25, 0.3) is 0 Å². The standard InChI is InChI=1S/C15H29N5/c1-7-13-18-14(16-8-2)12(5)15(19-13)17-9-10-20(6)11(3)4/h11H,7-10H2,1-6H3,(H2,16,17,18,19). The Morgan fingerprint density at radius 2 is 1.70 bits per heavy atom. The van der Waals surface area contributed by atoms with Gasteiger partial charge in [0.1, 0.15) is 17.5 Å². The van der Waals surface area contributed by atoms with Crippen LogP contribution in [-0.4, -0.2) is 47.6 Å². The first kappa shape index (κ1) is 16.7. The Morgan fingerprint density at radius 3 is 2.20 bits per heavy atom. The van der Waals surface area contributed by atoms with Gasteiger partial charge >= 0.3 is 0 Å². The largest absolute Gasteiger partial charge is 0.370 e. The lowest BCUT2D eigenvalue weighted by Gasteiger charge is -2.21. The molecule has 5 heteroatoms. The maximum atomic E-state index is 4.59. The summed E-state index contributed by atoms with van der Waals surface area (Å²) in [4.78, 5) is 11.4. The molecule has 5 nitrogen and oxygen atoms in total. The molecule has 0 aromatic carbocycles. The first-order valence-corrected chi connectivity index (χ1v) is 7.55. The summed E-state index contributed by atoms with van der Waals surface area (Å²) >= 11 is 0. The molecule has 1 aromatic rings. The summed E-state index contributed by atoms with van der Waals surface area (Å²) in [6.07, 6.45) is 0.846. The van der Waals surface area contributed by atoms with Crippen molar-refractivity contribution in [3.63, 3.8) is 0 Å². The summed E-state index contributed by atoms with van der Waals surface area (Å²) in [5, 5.41) is 6.75. The average Bonchev–Trinajstić information content (AvgIpc) is 2.42. The average molecular weight is 279 g/mol. The van der Waals surface area contributed by atoms with Crippen LogP contribution in [0.3, 0.4) is 0 Å². The molecule has 20 heavy (non-hydrogen) atoms. The fraction of sp³-hybridized carbons (Fsp3) is 0.733. The lowest BCUT2D eigenvalue weighted by molar-refractivity contribution is 0.284. The van der Waals surface area contributed by atoms with Gasteiger partial charge in [-0.3, -0.25) is 0 Å². The molecular weight excluding hydrogens is 250 g/mol. The predicted molar refractivity (Wildman–Crippen MR) is 86.6 cm³/mol. The Morgan fingerprint density at radius 1 is 1.10 bits per heavy atom. The van der Waals surface area contributed by atoms with Crippen molar-refractivity contribution in [2.45, 2.75) is 47.1 Å². The van der Waals surface area contributed by atoms with E-state index in [1.807, 2.05) is 0 Å². The SMILES string of the molecule is CCNc1nc(CC)nc(NCCN(C)C(C)C)c1C. The number of hydrogen-bond donors (Lipinski definition) is 2. The highest BCUT2D eigenvalue weighted by Gasteiger charge is 2.10. The summed E-state index contributed by atoms with van der Waals surface area (Å²) < 4.78 is 0. The van der Waals surface area contributed by atoms with E-state index in [1.165, 1.54) is 0 Å². The van der Waals surface area contributed by atoms with Crippen molar-refractivity contribution in [3.05, 3.63) is 11.4 Å². The van der Waals surface area contributed by atoms with Gasteiger partial charge in [0.25, 0.3) is 0 Å². The Labute approximate surface area is 123 Å². The summed E-state index contributed by atoms with van der Waals surface area (Å²) in [5.41, 5.74) is 1.09. The highest BCUT2D eigenvalue weighted by atomic mass is 15.1. The van der Waals surface area contributed by atoms with Crippen LogP contribution < -0.4 is 10.6 Å². The fourth-order valence-electron chi connectivity index (χ4n) is 1.84. The van der Waals surface area contributed by atoms with E-state index in [0.717, 1.165) is 49.1 Å². The molecule has 1 heterocycles. The zero-order valence-corrected chi connectivity index (χ0v) is 13.7. The lowest BCUT2D eigenvalue weighted by Crippen LogP contribution is -2.31. The van der Waals surface area contributed by atoms with E-state index in [1.54, 1.807) is 0 Å². The molecule has 0 radical (unpaired) electrons. The van der Waals surface area contributed by atoms with Gasteiger partial charge in [0, 0.05) is 37.7 Å². The van der Waals surface area contributed by atoms with Crippen molar-refractivity contribution in [3.8, 4) is 0 Å². The number of likely N-dealkylation sites (N-methyl/N-ethyl adjacent to an activating group) is 1. The van der Waals surface area contributed by atoms with Crippen molar-refractivity contribution in [1.29, 1.82) is 0 Å². The van der Waals surface area contributed by atoms with E-state index >= 15 is 0 Å². The molecule has 0 saturated heterocycles. The number of nitrogens with one attached hydrogen (secondary N) is 2. The third-order valence-corrected chi connectivity index (χ3v) is 3.49. The van der Waals surface area contributed by atoms with E-state index < -0.39 is 0 Å². The quantitative estimate of drug-likeness (QED) is 0.766. The maximum Gasteiger partial charge on any atom is 0.134 e. The first-order valence-electron chi connectivity index (χ1n) is 7.55. The number of nitrogens with zero attached hydrogens (tertiary/aromatic N) is 3. The van der Waals surface area contributed by atoms with Crippen molar-refractivity contribution in [2.75, 3.05) is 37.3 Å². The molecule has 2 N–H and O–H groups in total. The monoisotopic (exact) mass is 279 g/mol. The molecule has 0 amide bonds. The number of aromatic nitrogens is 2. The zero-order chi connectivity index (χ0) is 15.1. The Kier molecular flexibility index (Phi) is 6.71. The molecule has 0 unspecified atom stereocenters. The van der Waals surface area contributed by atoms with E-state index in [9.17, 15) is 0 Å². The summed E-state index contributed by atoms with van der Waals surface area (Å²) in [6.45, 7) is 13.4. The van der Waals surface area contributed by atoms with Gasteiger partial charge in [0.2, 0.25) is 0 Å². The molecule has 114 valence electrons. The summed E-state index contributed by atoms with van der Waals surface area (Å²) in [5.74, 6) is 2.77. The van der Waals surface area contributed by atoms with Crippen LogP contribution in [0, 0.1) is 6.92 Å². The van der Waals surface area contributed by atoms with E-state index in [4.69, 9.17) is 0 Å². The van der Waals surface area contributed by atoms with Crippen molar-refractivity contribution in [2.24, 2.45) is 0 Å². The number of rotatable bonds is 8. The van der Waals surface area contributed by atoms with Gasteiger partial charge in [-0.2, -0.15) is 0 Å². The van der Waals surface area contributed by atoms with Gasteiger partial charge in [-0.25, -0.2) is 9.97 Å². The molecule has 1 rings (SSSR count). The number of anilines is 2. The number of hydrogen-bond acceptors (Lipinski definition) is 5. The lowest BCUT2D eigenvalue weighted by atomic mass is 10.2. The Hall–Kier alpha value is -1.36. The minimum Gasteiger partial charge on any atom is -0.370 e. The topological polar surface area (TPSA) is 53.1 Å². The van der Waals surface area contributed by atoms with Crippen LogP contribution in [-0.2, 0) is 6.42 Å². The van der Waals surface area contributed by atoms with Gasteiger partial charge in [-0.05, 0) is 34.7 Å². The van der Waals surface area contributed by atoms with E-state index in [-0.39, 0.29) is 0 Å². The molecule has 1 aromatic heterocycles. The van der Waals surface area contributed by atoms with Crippen LogP contribution in [0.1, 0.15) is 39.1 Å². The fourth-order valence-corrected chi connectivity index (χ4v) is 1.84. The molecule has 0 spiro atoms. The molecule has 0 fully saturated rings. The maximum absolute atomic E-state index is 4.59. The van der Waals surface area contributed by atoms with Crippen molar-refractivity contribution < 1.29 is 0 Å². The second kappa shape index (κ2) is 8.04. The highest BCUT2D eigenvalue weighted by Crippen LogP contribution is 2.19. The molecule has 0 aliphatic carbocycles. The smallest absolute Gasteiger partial charge is 0.134 e. The second-order valence-electron chi connectivity index (χ2n) is 5.35.